The van der Waals surface area contributed by atoms with Crippen LogP contribution in [0.3, 0.4) is 0 Å². The largest absolute Gasteiger partial charge is 1.00 e. The van der Waals surface area contributed by atoms with Crippen molar-refractivity contribution in [2.75, 3.05) is 0 Å². The Morgan fingerprint density at radius 2 is 1.04 bits per heavy atom. The fourth-order valence-corrected chi connectivity index (χ4v) is 3.82. The number of unbranched alkanes of at least 4 members (excludes halogenated alkanes) is 13. The summed E-state index contributed by atoms with van der Waals surface area (Å²) in [6.45, 7) is 3.79. The van der Waals surface area contributed by atoms with E-state index in [1.807, 2.05) is 0 Å². The molecule has 1 atom stereocenters. The van der Waals surface area contributed by atoms with Crippen molar-refractivity contribution in [3.05, 3.63) is 0 Å². The van der Waals surface area contributed by atoms with Crippen molar-refractivity contribution >= 4 is 10.1 Å². The van der Waals surface area contributed by atoms with E-state index in [9.17, 15) is 18.1 Å². The minimum atomic E-state index is -4.63. The molecule has 0 aromatic carbocycles. The molecule has 0 amide bonds. The SMILES string of the molecule is CCCCCCCCCCCCCCCCC(O)(CC)S(=O)(=O)[O-].[Na+]. The van der Waals surface area contributed by atoms with Crippen LogP contribution in [0.5, 0.6) is 0 Å². The van der Waals surface area contributed by atoms with Gasteiger partial charge < -0.3 is 9.66 Å². The first-order chi connectivity index (χ1) is 11.4. The van der Waals surface area contributed by atoms with Crippen LogP contribution < -0.4 is 29.6 Å². The summed E-state index contributed by atoms with van der Waals surface area (Å²) < 4.78 is 33.1. The second-order valence-electron chi connectivity index (χ2n) is 7.10. The summed E-state index contributed by atoms with van der Waals surface area (Å²) in [5, 5.41) is 9.85. The molecule has 4 nitrogen and oxygen atoms in total. The molecule has 0 heterocycles. The van der Waals surface area contributed by atoms with Crippen LogP contribution >= 0.6 is 0 Å². The summed E-state index contributed by atoms with van der Waals surface area (Å²) in [7, 11) is -4.63. The van der Waals surface area contributed by atoms with Gasteiger partial charge in [-0.25, -0.2) is 8.42 Å². The molecule has 1 unspecified atom stereocenters. The van der Waals surface area contributed by atoms with Gasteiger partial charge in [0.2, 0.25) is 0 Å². The Bertz CT molecular complexity index is 387. The number of aliphatic hydroxyl groups is 1. The Morgan fingerprint density at radius 1 is 0.720 bits per heavy atom. The first kappa shape index (κ1) is 28.1. The minimum Gasteiger partial charge on any atom is -0.746 e. The maximum atomic E-state index is 11.0. The predicted molar refractivity (Wildman–Crippen MR) is 99.9 cm³/mol. The van der Waals surface area contributed by atoms with E-state index in [4.69, 9.17) is 0 Å². The quantitative estimate of drug-likeness (QED) is 0.237. The minimum absolute atomic E-state index is 0. The van der Waals surface area contributed by atoms with Gasteiger partial charge in [-0.1, -0.05) is 97.3 Å². The van der Waals surface area contributed by atoms with Crippen LogP contribution in [-0.4, -0.2) is 23.0 Å². The van der Waals surface area contributed by atoms with Crippen molar-refractivity contribution in [3.63, 3.8) is 0 Å². The van der Waals surface area contributed by atoms with Crippen molar-refractivity contribution in [2.45, 2.75) is 122 Å². The smallest absolute Gasteiger partial charge is 0.746 e. The molecule has 0 fully saturated rings. The second-order valence-corrected chi connectivity index (χ2v) is 8.77. The summed E-state index contributed by atoms with van der Waals surface area (Å²) in [5.74, 6) is 0. The monoisotopic (exact) mass is 386 g/mol. The zero-order valence-corrected chi connectivity index (χ0v) is 19.7. The van der Waals surface area contributed by atoms with Crippen molar-refractivity contribution in [1.29, 1.82) is 0 Å². The van der Waals surface area contributed by atoms with E-state index in [-0.39, 0.29) is 42.4 Å². The van der Waals surface area contributed by atoms with Gasteiger partial charge >= 0.3 is 29.6 Å². The van der Waals surface area contributed by atoms with E-state index in [2.05, 4.69) is 6.92 Å². The fourth-order valence-electron chi connectivity index (χ4n) is 3.07. The first-order valence-corrected chi connectivity index (χ1v) is 11.5. The third-order valence-electron chi connectivity index (χ3n) is 4.94. The fraction of sp³-hybridized carbons (Fsp3) is 1.00. The van der Waals surface area contributed by atoms with E-state index >= 15 is 0 Å². The summed E-state index contributed by atoms with van der Waals surface area (Å²) in [5.41, 5.74) is 0. The van der Waals surface area contributed by atoms with Crippen molar-refractivity contribution in [3.8, 4) is 0 Å². The summed E-state index contributed by atoms with van der Waals surface area (Å²) in [6, 6.07) is 0. The molecule has 0 saturated heterocycles. The van der Waals surface area contributed by atoms with Gasteiger partial charge in [0.05, 0.1) is 0 Å². The Labute approximate surface area is 178 Å². The maximum Gasteiger partial charge on any atom is 1.00 e. The molecule has 1 N–H and O–H groups in total. The van der Waals surface area contributed by atoms with E-state index in [0.29, 0.717) is 6.42 Å². The zero-order chi connectivity index (χ0) is 18.3. The number of rotatable bonds is 17. The van der Waals surface area contributed by atoms with Crippen LogP contribution in [0, 0.1) is 0 Å². The third kappa shape index (κ3) is 14.6. The van der Waals surface area contributed by atoms with Crippen LogP contribution in [0.25, 0.3) is 0 Å². The van der Waals surface area contributed by atoms with Crippen LogP contribution in [-0.2, 0) is 10.1 Å². The van der Waals surface area contributed by atoms with Crippen LogP contribution in [0.1, 0.15) is 117 Å². The topological polar surface area (TPSA) is 77.4 Å². The van der Waals surface area contributed by atoms with Crippen molar-refractivity contribution < 1.29 is 47.6 Å². The summed E-state index contributed by atoms with van der Waals surface area (Å²) >= 11 is 0. The second kappa shape index (κ2) is 17.0. The maximum absolute atomic E-state index is 11.0. The Balaban J connectivity index is 0. The molecule has 0 saturated carbocycles. The normalized spacial score (nSPS) is 14.1. The molecule has 0 radical (unpaired) electrons. The Kier molecular flexibility index (Phi) is 19.1. The van der Waals surface area contributed by atoms with Gasteiger partial charge in [0.1, 0.15) is 10.1 Å². The molecule has 0 aliphatic carbocycles. The molecule has 0 aliphatic heterocycles. The van der Waals surface area contributed by atoms with Gasteiger partial charge in [-0.3, -0.25) is 0 Å². The molecule has 6 heteroatoms. The first-order valence-electron chi connectivity index (χ1n) is 10.0. The van der Waals surface area contributed by atoms with Crippen molar-refractivity contribution in [1.82, 2.24) is 0 Å². The molecule has 0 aromatic rings. The van der Waals surface area contributed by atoms with E-state index < -0.39 is 15.1 Å². The van der Waals surface area contributed by atoms with Gasteiger partial charge in [-0.05, 0) is 19.3 Å². The predicted octanol–water partition coefficient (Wildman–Crippen LogP) is 2.51. The molecule has 146 valence electrons. The van der Waals surface area contributed by atoms with Gasteiger partial charge in [-0.15, -0.1) is 0 Å². The van der Waals surface area contributed by atoms with Crippen molar-refractivity contribution in [2.24, 2.45) is 0 Å². The molecule has 25 heavy (non-hydrogen) atoms. The standard InChI is InChI=1S/C19H40O4S.Na/c1-3-5-6-7-8-9-10-11-12-13-14-15-16-17-18-19(20,4-2)24(21,22)23;/h20H,3-18H2,1-2H3,(H,21,22,23);/q;+1/p-1. The molecule has 0 rings (SSSR count). The average Bonchev–Trinajstić information content (AvgIpc) is 2.53. The molecular formula is C19H39NaO4S. The number of hydrogen-bond donors (Lipinski definition) is 1. The molecule has 0 aliphatic rings. The van der Waals surface area contributed by atoms with Gasteiger partial charge in [0.25, 0.3) is 0 Å². The van der Waals surface area contributed by atoms with E-state index in [0.717, 1.165) is 19.3 Å². The third-order valence-corrected chi connectivity index (χ3v) is 6.36. The zero-order valence-electron chi connectivity index (χ0n) is 16.9. The Morgan fingerprint density at radius 3 is 1.32 bits per heavy atom. The summed E-state index contributed by atoms with van der Waals surface area (Å²) in [4.78, 5) is -2.07. The van der Waals surface area contributed by atoms with Gasteiger partial charge in [-0.2, -0.15) is 0 Å². The van der Waals surface area contributed by atoms with Crippen LogP contribution in [0.2, 0.25) is 0 Å². The number of hydrogen-bond acceptors (Lipinski definition) is 4. The van der Waals surface area contributed by atoms with Crippen LogP contribution in [0.15, 0.2) is 0 Å². The Hall–Kier alpha value is 0.870. The molecule has 0 bridgehead atoms. The summed E-state index contributed by atoms with van der Waals surface area (Å²) in [6.07, 6.45) is 17.1. The molecule has 0 spiro atoms. The van der Waals surface area contributed by atoms with E-state index in [1.54, 1.807) is 6.92 Å². The van der Waals surface area contributed by atoms with E-state index in [1.165, 1.54) is 64.2 Å². The van der Waals surface area contributed by atoms with Crippen LogP contribution in [0.4, 0.5) is 0 Å². The molecular weight excluding hydrogens is 347 g/mol. The molecule has 0 aromatic heterocycles. The average molecular weight is 387 g/mol. The van der Waals surface area contributed by atoms with Gasteiger partial charge in [0.15, 0.2) is 4.93 Å². The van der Waals surface area contributed by atoms with Gasteiger partial charge in [0, 0.05) is 0 Å².